The summed E-state index contributed by atoms with van der Waals surface area (Å²) in [5.74, 6) is 1.76. The van der Waals surface area contributed by atoms with Crippen LogP contribution in [-0.2, 0) is 11.2 Å². The maximum atomic E-state index is 5.79. The summed E-state index contributed by atoms with van der Waals surface area (Å²) in [6.45, 7) is 6.01. The Morgan fingerprint density at radius 3 is 2.74 bits per heavy atom. The number of rotatable bonds is 2. The molecule has 0 amide bonds. The lowest BCUT2D eigenvalue weighted by Gasteiger charge is -2.19. The molecule has 2 heterocycles. The predicted octanol–water partition coefficient (Wildman–Crippen LogP) is 2.07. The molecule has 1 N–H and O–H groups in total. The molecule has 4 nitrogen and oxygen atoms in total. The Hall–Kier alpha value is -1.26. The minimum atomic E-state index is 0.250. The molecule has 19 heavy (non-hydrogen) atoms. The number of benzene rings is 1. The minimum Gasteiger partial charge on any atom is -0.490 e. The smallest absolute Gasteiger partial charge is 0.161 e. The van der Waals surface area contributed by atoms with Crippen LogP contribution in [0.2, 0.25) is 0 Å². The second kappa shape index (κ2) is 5.80. The zero-order valence-electron chi connectivity index (χ0n) is 11.4. The highest BCUT2D eigenvalue weighted by Crippen LogP contribution is 2.36. The van der Waals surface area contributed by atoms with Gasteiger partial charge in [-0.2, -0.15) is 0 Å². The maximum Gasteiger partial charge on any atom is 0.161 e. The van der Waals surface area contributed by atoms with Gasteiger partial charge in [0.05, 0.1) is 32.5 Å². The molecule has 3 rings (SSSR count). The monoisotopic (exact) mass is 263 g/mol. The molecule has 4 heteroatoms. The highest BCUT2D eigenvalue weighted by Gasteiger charge is 2.22. The molecular weight excluding hydrogens is 242 g/mol. The molecule has 0 saturated carbocycles. The lowest BCUT2D eigenvalue weighted by atomic mass is 9.98. The van der Waals surface area contributed by atoms with Crippen molar-refractivity contribution in [3.8, 4) is 11.5 Å². The van der Waals surface area contributed by atoms with Gasteiger partial charge in [-0.15, -0.1) is 0 Å². The third-order valence-corrected chi connectivity index (χ3v) is 3.64. The first-order valence-electron chi connectivity index (χ1n) is 7.12. The van der Waals surface area contributed by atoms with Crippen LogP contribution < -0.4 is 14.8 Å². The average molecular weight is 263 g/mol. The second-order valence-corrected chi connectivity index (χ2v) is 4.98. The van der Waals surface area contributed by atoms with Crippen LogP contribution in [0.3, 0.4) is 0 Å². The van der Waals surface area contributed by atoms with E-state index in [0.29, 0.717) is 0 Å². The van der Waals surface area contributed by atoms with Crippen LogP contribution in [-0.4, -0.2) is 33.0 Å². The molecule has 0 spiro atoms. The van der Waals surface area contributed by atoms with Gasteiger partial charge in [0.15, 0.2) is 11.5 Å². The molecule has 1 aromatic rings. The van der Waals surface area contributed by atoms with Gasteiger partial charge >= 0.3 is 0 Å². The van der Waals surface area contributed by atoms with Crippen LogP contribution >= 0.6 is 0 Å². The topological polar surface area (TPSA) is 39.7 Å². The molecule has 0 saturated heterocycles. The van der Waals surface area contributed by atoms with Crippen LogP contribution in [0.5, 0.6) is 11.5 Å². The van der Waals surface area contributed by atoms with Crippen molar-refractivity contribution in [2.75, 3.05) is 33.0 Å². The Morgan fingerprint density at radius 2 is 1.95 bits per heavy atom. The van der Waals surface area contributed by atoms with E-state index in [-0.39, 0.29) is 6.04 Å². The van der Waals surface area contributed by atoms with E-state index >= 15 is 0 Å². The minimum absolute atomic E-state index is 0.250. The van der Waals surface area contributed by atoms with E-state index in [2.05, 4.69) is 24.4 Å². The fourth-order valence-electron chi connectivity index (χ4n) is 2.70. The molecule has 0 radical (unpaired) electrons. The predicted molar refractivity (Wildman–Crippen MR) is 73.0 cm³/mol. The Morgan fingerprint density at radius 1 is 1.16 bits per heavy atom. The normalized spacial score (nSPS) is 22.3. The van der Waals surface area contributed by atoms with E-state index in [1.165, 1.54) is 11.1 Å². The van der Waals surface area contributed by atoms with Gasteiger partial charge in [0.1, 0.15) is 0 Å². The molecule has 104 valence electrons. The molecule has 2 aliphatic rings. The molecule has 1 aromatic carbocycles. The van der Waals surface area contributed by atoms with Crippen molar-refractivity contribution < 1.29 is 14.2 Å². The van der Waals surface area contributed by atoms with E-state index < -0.39 is 0 Å². The van der Waals surface area contributed by atoms with Gasteiger partial charge in [0, 0.05) is 6.42 Å². The summed E-state index contributed by atoms with van der Waals surface area (Å²) in [5.41, 5.74) is 2.61. The van der Waals surface area contributed by atoms with Gasteiger partial charge in [-0.1, -0.05) is 6.92 Å². The first-order valence-corrected chi connectivity index (χ1v) is 7.12. The van der Waals surface area contributed by atoms with E-state index in [9.17, 15) is 0 Å². The van der Waals surface area contributed by atoms with Gasteiger partial charge in [-0.3, -0.25) is 0 Å². The summed E-state index contributed by atoms with van der Waals surface area (Å²) < 4.78 is 17.2. The summed E-state index contributed by atoms with van der Waals surface area (Å²) in [7, 11) is 0. The molecule has 1 unspecified atom stereocenters. The number of fused-ring (bicyclic) bond motifs is 2. The third kappa shape index (κ3) is 2.69. The van der Waals surface area contributed by atoms with Crippen molar-refractivity contribution in [2.45, 2.75) is 25.8 Å². The highest BCUT2D eigenvalue weighted by atomic mass is 16.5. The third-order valence-electron chi connectivity index (χ3n) is 3.64. The number of hydrogen-bond donors (Lipinski definition) is 1. The lowest BCUT2D eigenvalue weighted by Crippen LogP contribution is -2.24. The Bertz CT molecular complexity index is 447. The van der Waals surface area contributed by atoms with E-state index in [1.54, 1.807) is 0 Å². The SMILES string of the molecule is CCNC1COCCc2cc3c(cc21)OCCCO3. The number of likely N-dealkylation sites (N-methyl/N-ethyl adjacent to an activating group) is 1. The van der Waals surface area contributed by atoms with Crippen LogP contribution in [0.1, 0.15) is 30.5 Å². The zero-order chi connectivity index (χ0) is 13.1. The van der Waals surface area contributed by atoms with Crippen molar-refractivity contribution in [3.05, 3.63) is 23.3 Å². The van der Waals surface area contributed by atoms with Crippen molar-refractivity contribution >= 4 is 0 Å². The molecular formula is C15H21NO3. The van der Waals surface area contributed by atoms with Crippen LogP contribution in [0, 0.1) is 0 Å². The van der Waals surface area contributed by atoms with E-state index in [0.717, 1.165) is 57.3 Å². The molecule has 1 atom stereocenters. The lowest BCUT2D eigenvalue weighted by molar-refractivity contribution is 0.122. The first-order chi connectivity index (χ1) is 9.38. The van der Waals surface area contributed by atoms with Crippen molar-refractivity contribution in [3.63, 3.8) is 0 Å². The summed E-state index contributed by atoms with van der Waals surface area (Å²) >= 11 is 0. The van der Waals surface area contributed by atoms with Gasteiger partial charge < -0.3 is 19.5 Å². The Balaban J connectivity index is 1.98. The Kier molecular flexibility index (Phi) is 3.89. The van der Waals surface area contributed by atoms with Crippen molar-refractivity contribution in [1.29, 1.82) is 0 Å². The molecule has 0 aliphatic carbocycles. The largest absolute Gasteiger partial charge is 0.490 e. The average Bonchev–Trinajstić information content (AvgIpc) is 2.75. The van der Waals surface area contributed by atoms with E-state index in [1.807, 2.05) is 0 Å². The summed E-state index contributed by atoms with van der Waals surface area (Å²) in [5, 5.41) is 3.48. The molecule has 0 fully saturated rings. The second-order valence-electron chi connectivity index (χ2n) is 4.98. The van der Waals surface area contributed by atoms with Crippen molar-refractivity contribution in [2.24, 2.45) is 0 Å². The van der Waals surface area contributed by atoms with Gasteiger partial charge in [-0.25, -0.2) is 0 Å². The highest BCUT2D eigenvalue weighted by molar-refractivity contribution is 5.49. The molecule has 0 bridgehead atoms. The molecule has 0 aromatic heterocycles. The van der Waals surface area contributed by atoms with Crippen LogP contribution in [0.15, 0.2) is 12.1 Å². The molecule has 2 aliphatic heterocycles. The van der Waals surface area contributed by atoms with Crippen LogP contribution in [0.4, 0.5) is 0 Å². The fraction of sp³-hybridized carbons (Fsp3) is 0.600. The standard InChI is InChI=1S/C15H21NO3/c1-2-16-13-10-17-7-4-11-8-14-15(9-12(11)13)19-6-3-5-18-14/h8-9,13,16H,2-7,10H2,1H3. The fourth-order valence-corrected chi connectivity index (χ4v) is 2.70. The van der Waals surface area contributed by atoms with Gasteiger partial charge in [0.25, 0.3) is 0 Å². The summed E-state index contributed by atoms with van der Waals surface area (Å²) in [6.07, 6.45) is 1.88. The number of nitrogens with one attached hydrogen (secondary N) is 1. The van der Waals surface area contributed by atoms with Gasteiger partial charge in [0.2, 0.25) is 0 Å². The zero-order valence-corrected chi connectivity index (χ0v) is 11.4. The number of hydrogen-bond acceptors (Lipinski definition) is 4. The van der Waals surface area contributed by atoms with Crippen LogP contribution in [0.25, 0.3) is 0 Å². The number of ether oxygens (including phenoxy) is 3. The summed E-state index contributed by atoms with van der Waals surface area (Å²) in [6, 6.07) is 4.52. The quantitative estimate of drug-likeness (QED) is 0.886. The van der Waals surface area contributed by atoms with Gasteiger partial charge in [-0.05, 0) is 36.2 Å². The van der Waals surface area contributed by atoms with Crippen molar-refractivity contribution in [1.82, 2.24) is 5.32 Å². The van der Waals surface area contributed by atoms with E-state index in [4.69, 9.17) is 14.2 Å². The first kappa shape index (κ1) is 12.8. The summed E-state index contributed by atoms with van der Waals surface area (Å²) in [4.78, 5) is 0. The Labute approximate surface area is 114 Å². The maximum absolute atomic E-state index is 5.79.